The number of aromatic amines is 1. The van der Waals surface area contributed by atoms with E-state index in [2.05, 4.69) is 15.3 Å². The van der Waals surface area contributed by atoms with Crippen LogP contribution in [0.2, 0.25) is 0 Å². The van der Waals surface area contributed by atoms with Gasteiger partial charge in [-0.25, -0.2) is 4.98 Å². The molecule has 0 saturated heterocycles. The lowest BCUT2D eigenvalue weighted by atomic mass is 9.86. The molecule has 3 aromatic rings. The molecule has 1 aliphatic rings. The fourth-order valence-corrected chi connectivity index (χ4v) is 4.86. The molecule has 0 fully saturated rings. The maximum absolute atomic E-state index is 13.1. The number of carbonyl (C=O) groups excluding carboxylic acids is 1. The van der Waals surface area contributed by atoms with E-state index < -0.39 is 5.92 Å². The van der Waals surface area contributed by atoms with E-state index in [4.69, 9.17) is 14.2 Å². The molecule has 2 heterocycles. The second kappa shape index (κ2) is 9.58. The monoisotopic (exact) mass is 467 g/mol. The molecule has 9 heteroatoms. The number of hydrogen-bond donors (Lipinski definition) is 2. The van der Waals surface area contributed by atoms with Crippen molar-refractivity contribution >= 4 is 23.5 Å². The summed E-state index contributed by atoms with van der Waals surface area (Å²) in [5.74, 6) is 1.56. The van der Waals surface area contributed by atoms with E-state index in [0.717, 1.165) is 5.56 Å². The number of carbonyl (C=O) groups is 1. The molecule has 2 aromatic carbocycles. The highest BCUT2D eigenvalue weighted by Gasteiger charge is 2.32. The van der Waals surface area contributed by atoms with Gasteiger partial charge in [-0.05, 0) is 35.7 Å². The minimum absolute atomic E-state index is 0.103. The quantitative estimate of drug-likeness (QED) is 0.402. The Morgan fingerprint density at radius 3 is 2.39 bits per heavy atom. The maximum Gasteiger partial charge on any atom is 0.257 e. The molecular weight excluding hydrogens is 442 g/mol. The third kappa shape index (κ3) is 4.54. The molecule has 0 spiro atoms. The molecule has 1 atom stereocenters. The molecule has 8 nitrogen and oxygen atoms in total. The van der Waals surface area contributed by atoms with Crippen molar-refractivity contribution in [2.24, 2.45) is 0 Å². The van der Waals surface area contributed by atoms with Crippen molar-refractivity contribution in [2.45, 2.75) is 30.2 Å². The zero-order chi connectivity index (χ0) is 23.5. The number of rotatable bonds is 7. The predicted octanol–water partition coefficient (Wildman–Crippen LogP) is 3.87. The standard InChI is InChI=1S/C24H25N3O5S/c1-13-7-5-6-8-14(13)12-33-24-26-22-20(23(29)27-24)16(11-19(28)25-22)15-9-17(30-2)21(32-4)18(10-15)31-3/h5-10,16H,11-12H2,1-4H3,(H2,25,26,27,28,29)/t16-/m0/s1. The zero-order valence-electron chi connectivity index (χ0n) is 18.9. The van der Waals surface area contributed by atoms with Crippen molar-refractivity contribution in [3.63, 3.8) is 0 Å². The summed E-state index contributed by atoms with van der Waals surface area (Å²) in [5, 5.41) is 3.21. The fraction of sp³-hybridized carbons (Fsp3) is 0.292. The van der Waals surface area contributed by atoms with Gasteiger partial charge in [-0.15, -0.1) is 0 Å². The van der Waals surface area contributed by atoms with Crippen molar-refractivity contribution in [1.82, 2.24) is 9.97 Å². The van der Waals surface area contributed by atoms with Crippen LogP contribution in [0.4, 0.5) is 5.82 Å². The average Bonchev–Trinajstić information content (AvgIpc) is 2.81. The van der Waals surface area contributed by atoms with Crippen LogP contribution in [0.15, 0.2) is 46.3 Å². The Kier molecular flexibility index (Phi) is 6.60. The molecule has 0 bridgehead atoms. The van der Waals surface area contributed by atoms with Gasteiger partial charge >= 0.3 is 0 Å². The summed E-state index contributed by atoms with van der Waals surface area (Å²) >= 11 is 1.42. The lowest BCUT2D eigenvalue weighted by Crippen LogP contribution is -2.31. The van der Waals surface area contributed by atoms with Crippen molar-refractivity contribution < 1.29 is 19.0 Å². The molecule has 4 rings (SSSR count). The highest BCUT2D eigenvalue weighted by Crippen LogP contribution is 2.43. The van der Waals surface area contributed by atoms with Crippen LogP contribution in [-0.4, -0.2) is 37.2 Å². The fourth-order valence-electron chi connectivity index (χ4n) is 3.92. The molecule has 0 unspecified atom stereocenters. The van der Waals surface area contributed by atoms with Crippen LogP contribution in [0.3, 0.4) is 0 Å². The van der Waals surface area contributed by atoms with Gasteiger partial charge in [0.1, 0.15) is 5.82 Å². The summed E-state index contributed by atoms with van der Waals surface area (Å²) in [6, 6.07) is 11.6. The summed E-state index contributed by atoms with van der Waals surface area (Å²) in [5.41, 5.74) is 3.15. The van der Waals surface area contributed by atoms with Gasteiger partial charge in [0.2, 0.25) is 11.7 Å². The Labute approximate surface area is 195 Å². The number of amides is 1. The number of hydrogen-bond acceptors (Lipinski definition) is 7. The Morgan fingerprint density at radius 2 is 1.76 bits per heavy atom. The smallest absolute Gasteiger partial charge is 0.257 e. The van der Waals surface area contributed by atoms with Gasteiger partial charge in [0, 0.05) is 18.1 Å². The molecule has 1 amide bonds. The van der Waals surface area contributed by atoms with E-state index in [9.17, 15) is 9.59 Å². The highest BCUT2D eigenvalue weighted by molar-refractivity contribution is 7.98. The van der Waals surface area contributed by atoms with Crippen LogP contribution in [0.5, 0.6) is 17.2 Å². The van der Waals surface area contributed by atoms with Crippen LogP contribution in [0, 0.1) is 6.92 Å². The van der Waals surface area contributed by atoms with E-state index in [0.29, 0.717) is 39.3 Å². The zero-order valence-corrected chi connectivity index (χ0v) is 19.7. The Morgan fingerprint density at radius 1 is 1.06 bits per heavy atom. The predicted molar refractivity (Wildman–Crippen MR) is 127 cm³/mol. The molecule has 1 aliphatic heterocycles. The van der Waals surface area contributed by atoms with E-state index >= 15 is 0 Å². The number of H-pyrrole nitrogens is 1. The minimum Gasteiger partial charge on any atom is -0.493 e. The van der Waals surface area contributed by atoms with E-state index in [-0.39, 0.29) is 23.7 Å². The summed E-state index contributed by atoms with van der Waals surface area (Å²) in [4.78, 5) is 33.1. The Hall–Kier alpha value is -3.46. The SMILES string of the molecule is COc1cc([C@@H]2CC(=O)Nc3nc(SCc4ccccc4C)[nH]c(=O)c32)cc(OC)c1OC. The van der Waals surface area contributed by atoms with E-state index in [1.807, 2.05) is 31.2 Å². The van der Waals surface area contributed by atoms with Gasteiger partial charge in [0.25, 0.3) is 5.56 Å². The molecule has 2 N–H and O–H groups in total. The first-order valence-corrected chi connectivity index (χ1v) is 11.3. The van der Waals surface area contributed by atoms with Crippen LogP contribution in [0.25, 0.3) is 0 Å². The lowest BCUT2D eigenvalue weighted by molar-refractivity contribution is -0.116. The van der Waals surface area contributed by atoms with Gasteiger partial charge in [0.15, 0.2) is 16.7 Å². The largest absolute Gasteiger partial charge is 0.493 e. The molecule has 0 radical (unpaired) electrons. The number of anilines is 1. The first-order valence-electron chi connectivity index (χ1n) is 10.4. The number of fused-ring (bicyclic) bond motifs is 1. The molecular formula is C24H25N3O5S. The summed E-state index contributed by atoms with van der Waals surface area (Å²) in [7, 11) is 4.57. The normalized spacial score (nSPS) is 14.9. The number of nitrogens with one attached hydrogen (secondary N) is 2. The number of aromatic nitrogens is 2. The molecule has 33 heavy (non-hydrogen) atoms. The maximum atomic E-state index is 13.1. The van der Waals surface area contributed by atoms with Crippen LogP contribution < -0.4 is 25.1 Å². The lowest BCUT2D eigenvalue weighted by Gasteiger charge is -2.25. The number of nitrogens with zero attached hydrogens (tertiary/aromatic N) is 1. The summed E-state index contributed by atoms with van der Waals surface area (Å²) in [6.07, 6.45) is 0.103. The van der Waals surface area contributed by atoms with Crippen LogP contribution >= 0.6 is 11.8 Å². The minimum atomic E-state index is -0.505. The number of ether oxygens (including phenoxy) is 3. The summed E-state index contributed by atoms with van der Waals surface area (Å²) in [6.45, 7) is 2.04. The average molecular weight is 468 g/mol. The molecule has 1 aromatic heterocycles. The Bertz CT molecular complexity index is 1230. The van der Waals surface area contributed by atoms with Crippen molar-refractivity contribution in [3.8, 4) is 17.2 Å². The molecule has 0 saturated carbocycles. The first-order chi connectivity index (χ1) is 15.9. The van der Waals surface area contributed by atoms with E-state index in [1.54, 1.807) is 12.1 Å². The Balaban J connectivity index is 1.72. The number of methoxy groups -OCH3 is 3. The number of aryl methyl sites for hydroxylation is 1. The third-order valence-electron chi connectivity index (χ3n) is 5.64. The van der Waals surface area contributed by atoms with E-state index in [1.165, 1.54) is 38.7 Å². The highest BCUT2D eigenvalue weighted by atomic mass is 32.2. The second-order valence-corrected chi connectivity index (χ2v) is 8.58. The third-order valence-corrected chi connectivity index (χ3v) is 6.57. The van der Waals surface area contributed by atoms with Gasteiger partial charge in [0.05, 0.1) is 26.9 Å². The molecule has 172 valence electrons. The first kappa shape index (κ1) is 22.7. The van der Waals surface area contributed by atoms with Gasteiger partial charge in [-0.2, -0.15) is 0 Å². The van der Waals surface area contributed by atoms with Crippen molar-refractivity contribution in [1.29, 1.82) is 0 Å². The van der Waals surface area contributed by atoms with Gasteiger partial charge in [-0.1, -0.05) is 36.0 Å². The number of thioether (sulfide) groups is 1. The second-order valence-electron chi connectivity index (χ2n) is 7.61. The number of benzene rings is 2. The van der Waals surface area contributed by atoms with Crippen LogP contribution in [0.1, 0.15) is 34.6 Å². The topological polar surface area (TPSA) is 103 Å². The van der Waals surface area contributed by atoms with Gasteiger partial charge < -0.3 is 24.5 Å². The van der Waals surface area contributed by atoms with Gasteiger partial charge in [-0.3, -0.25) is 9.59 Å². The van der Waals surface area contributed by atoms with Crippen LogP contribution in [-0.2, 0) is 10.5 Å². The summed E-state index contributed by atoms with van der Waals surface area (Å²) < 4.78 is 16.3. The van der Waals surface area contributed by atoms with Crippen molar-refractivity contribution in [2.75, 3.05) is 26.6 Å². The van der Waals surface area contributed by atoms with Crippen molar-refractivity contribution in [3.05, 3.63) is 69.0 Å². The molecule has 0 aliphatic carbocycles.